The lowest BCUT2D eigenvalue weighted by Crippen LogP contribution is -2.29. The van der Waals surface area contributed by atoms with Crippen LogP contribution in [0.15, 0.2) is 85.1 Å². The van der Waals surface area contributed by atoms with Crippen molar-refractivity contribution in [3.05, 3.63) is 85.1 Å². The zero-order valence-corrected chi connectivity index (χ0v) is 64.5. The van der Waals surface area contributed by atoms with Gasteiger partial charge in [0.2, 0.25) is 0 Å². The third-order valence-corrected chi connectivity index (χ3v) is 18.7. The summed E-state index contributed by atoms with van der Waals surface area (Å²) >= 11 is 0. The number of aldehydes is 3. The fraction of sp³-hybridized carbons (Fsp3) is 0.778. The number of carbonyl (C=O) groups is 4. The van der Waals surface area contributed by atoms with Crippen LogP contribution in [0.4, 0.5) is 0 Å². The molecule has 17 nitrogen and oxygen atoms in total. The van der Waals surface area contributed by atoms with Crippen molar-refractivity contribution >= 4 is 40.5 Å². The van der Waals surface area contributed by atoms with Gasteiger partial charge in [-0.2, -0.15) is 0 Å². The van der Waals surface area contributed by atoms with Crippen molar-refractivity contribution in [2.75, 3.05) is 59.5 Å². The molecule has 580 valence electrons. The Labute approximate surface area is 608 Å². The second-order valence-electron chi connectivity index (χ2n) is 26.5. The predicted molar refractivity (Wildman–Crippen MR) is 409 cm³/mol. The molecule has 0 aromatic carbocycles. The van der Waals surface area contributed by atoms with Gasteiger partial charge in [-0.05, 0) is 161 Å². The van der Waals surface area contributed by atoms with Gasteiger partial charge in [0.05, 0.1) is 39.6 Å². The Morgan fingerprint density at radius 3 is 0.950 bits per heavy atom. The van der Waals surface area contributed by atoms with E-state index in [0.717, 1.165) is 218 Å². The summed E-state index contributed by atoms with van der Waals surface area (Å²) in [7, 11) is -9.59. The van der Waals surface area contributed by atoms with Crippen LogP contribution in [-0.2, 0) is 65.4 Å². The molecule has 0 aromatic rings. The molecular formula is C81H144O17P2. The molecule has 100 heavy (non-hydrogen) atoms. The van der Waals surface area contributed by atoms with E-state index in [4.69, 9.17) is 37.0 Å². The second kappa shape index (κ2) is 78.3. The van der Waals surface area contributed by atoms with E-state index in [0.29, 0.717) is 51.9 Å². The van der Waals surface area contributed by atoms with Gasteiger partial charge in [0.1, 0.15) is 37.2 Å². The molecule has 2 unspecified atom stereocenters. The number of aliphatic hydroxyl groups is 1. The van der Waals surface area contributed by atoms with Crippen LogP contribution < -0.4 is 0 Å². The monoisotopic (exact) mass is 1450 g/mol. The van der Waals surface area contributed by atoms with Gasteiger partial charge in [0.15, 0.2) is 0 Å². The number of aliphatic hydroxyl groups excluding tert-OH is 1. The van der Waals surface area contributed by atoms with Crippen LogP contribution in [0.5, 0.6) is 0 Å². The van der Waals surface area contributed by atoms with Crippen molar-refractivity contribution in [2.45, 2.75) is 346 Å². The SMILES string of the molecule is CCCCC/C=C\C/C=C\C/C=C\C/C=C\CCCC(=O)O[C@H](COCCCCCCCCC/C=C\CCCCCCC=O)COP(=O)(O)OC[C@@H](O)COP(=O)(O)OC[C@@H](COCCCCCCC/C=C\CCCCCCC=O)OCCCCCCCCC/C=C\CCCCCCC=O. The first kappa shape index (κ1) is 96.7. The van der Waals surface area contributed by atoms with Gasteiger partial charge in [0.25, 0.3) is 0 Å². The fourth-order valence-electron chi connectivity index (χ4n) is 10.8. The summed E-state index contributed by atoms with van der Waals surface area (Å²) in [6, 6.07) is 0. The van der Waals surface area contributed by atoms with Gasteiger partial charge in [-0.25, -0.2) is 9.13 Å². The largest absolute Gasteiger partial charge is 0.472 e. The standard InChI is InChI=1S/C81H144O17P2/c1-2-3-4-5-6-7-8-9-10-11-16-23-30-37-44-51-58-65-81(86)98-80(75-92-70-63-56-49-42-35-27-20-14-12-17-24-31-38-45-52-59-66-82)77-97-100(89,90)95-73-78(85)72-94-99(87,88)96-76-79(74-91-69-62-55-48-41-34-28-22-19-26-33-40-47-54-61-68-84)93-71-64-57-50-43-36-29-21-15-13-18-25-32-39-46-53-60-67-83/h6-7,9-10,12-13,16-19,22-23,37,44,66-68,78-80,85H,2-5,8,11,14-15,20-21,24-36,38-43,45-65,69-77H2,1H3,(H,87,88)(H,89,90)/b7-6-,10-9-,17-12-,18-13-,22-19-,23-16-,44-37-/t78-,79+,80+/m0/s1. The van der Waals surface area contributed by atoms with Gasteiger partial charge in [-0.3, -0.25) is 22.9 Å². The lowest BCUT2D eigenvalue weighted by molar-refractivity contribution is -0.154. The van der Waals surface area contributed by atoms with Crippen molar-refractivity contribution in [1.29, 1.82) is 0 Å². The number of unbranched alkanes of at least 4 members (excludes halogenated alkanes) is 38. The molecule has 0 saturated carbocycles. The van der Waals surface area contributed by atoms with E-state index in [2.05, 4.69) is 85.9 Å². The highest BCUT2D eigenvalue weighted by Gasteiger charge is 2.29. The van der Waals surface area contributed by atoms with Crippen LogP contribution in [0.2, 0.25) is 0 Å². The van der Waals surface area contributed by atoms with Crippen molar-refractivity contribution in [3.8, 4) is 0 Å². The van der Waals surface area contributed by atoms with E-state index in [-0.39, 0.29) is 26.2 Å². The smallest absolute Gasteiger partial charge is 0.457 e. The van der Waals surface area contributed by atoms with E-state index in [1.165, 1.54) is 83.5 Å². The Hall–Kier alpha value is -3.28. The van der Waals surface area contributed by atoms with E-state index in [9.17, 15) is 43.2 Å². The molecule has 19 heteroatoms. The first-order valence-corrected chi connectivity index (χ1v) is 42.7. The molecule has 5 atom stereocenters. The molecule has 0 amide bonds. The van der Waals surface area contributed by atoms with Gasteiger partial charge >= 0.3 is 21.6 Å². The zero-order chi connectivity index (χ0) is 72.7. The maximum Gasteiger partial charge on any atom is 0.472 e. The summed E-state index contributed by atoms with van der Waals surface area (Å²) in [5, 5.41) is 10.7. The number of rotatable bonds is 81. The second-order valence-corrected chi connectivity index (χ2v) is 29.4. The molecule has 0 aliphatic rings. The average molecular weight is 1450 g/mol. The molecule has 0 saturated heterocycles. The Morgan fingerprint density at radius 1 is 0.320 bits per heavy atom. The van der Waals surface area contributed by atoms with Gasteiger partial charge in [-0.1, -0.05) is 227 Å². The summed E-state index contributed by atoms with van der Waals surface area (Å²) in [5.74, 6) is -0.504. The Bertz CT molecular complexity index is 2130. The van der Waals surface area contributed by atoms with E-state index in [1.54, 1.807) is 0 Å². The molecule has 0 bridgehead atoms. The summed E-state index contributed by atoms with van der Waals surface area (Å²) < 4.78 is 70.6. The Morgan fingerprint density at radius 2 is 0.590 bits per heavy atom. The molecule has 0 heterocycles. The lowest BCUT2D eigenvalue weighted by atomic mass is 10.1. The van der Waals surface area contributed by atoms with Gasteiger partial charge < -0.3 is 48.2 Å². The maximum atomic E-state index is 13.1. The minimum Gasteiger partial charge on any atom is -0.457 e. The third kappa shape index (κ3) is 77.3. The summed E-state index contributed by atoms with van der Waals surface area (Å²) in [4.78, 5) is 65.7. The summed E-state index contributed by atoms with van der Waals surface area (Å²) in [5.41, 5.74) is 0. The zero-order valence-electron chi connectivity index (χ0n) is 62.7. The number of allylic oxidation sites excluding steroid dienone is 14. The summed E-state index contributed by atoms with van der Waals surface area (Å²) in [6.07, 6.45) is 81.7. The quantitative estimate of drug-likeness (QED) is 0.0169. The normalized spacial score (nSPS) is 14.4. The minimum atomic E-state index is -4.84. The van der Waals surface area contributed by atoms with E-state index >= 15 is 0 Å². The van der Waals surface area contributed by atoms with Crippen molar-refractivity contribution in [2.24, 2.45) is 0 Å². The van der Waals surface area contributed by atoms with Gasteiger partial charge in [0, 0.05) is 45.5 Å². The molecule has 3 N–H and O–H groups in total. The molecule has 0 radical (unpaired) electrons. The van der Waals surface area contributed by atoms with Crippen LogP contribution in [0.1, 0.15) is 328 Å². The highest BCUT2D eigenvalue weighted by Crippen LogP contribution is 2.45. The molecule has 0 aliphatic heterocycles. The topological polar surface area (TPSA) is 237 Å². The number of phosphoric acid groups is 2. The van der Waals surface area contributed by atoms with Crippen molar-refractivity contribution < 1.29 is 80.2 Å². The maximum absolute atomic E-state index is 13.1. The number of ether oxygens (including phenoxy) is 4. The highest BCUT2D eigenvalue weighted by molar-refractivity contribution is 7.47. The van der Waals surface area contributed by atoms with Crippen LogP contribution in [0, 0.1) is 0 Å². The van der Waals surface area contributed by atoms with Crippen LogP contribution >= 0.6 is 15.6 Å². The number of carbonyl (C=O) groups excluding carboxylic acids is 4. The van der Waals surface area contributed by atoms with E-state index in [1.807, 2.05) is 6.08 Å². The van der Waals surface area contributed by atoms with Crippen LogP contribution in [0.3, 0.4) is 0 Å². The molecule has 0 aromatic heterocycles. The third-order valence-electron chi connectivity index (χ3n) is 16.8. The predicted octanol–water partition coefficient (Wildman–Crippen LogP) is 22.0. The molecule has 0 rings (SSSR count). The Kier molecular flexibility index (Phi) is 75.7. The molecule has 0 spiro atoms. The molecular weight excluding hydrogens is 1310 g/mol. The van der Waals surface area contributed by atoms with Crippen LogP contribution in [0.25, 0.3) is 0 Å². The van der Waals surface area contributed by atoms with Crippen LogP contribution in [-0.4, -0.2) is 117 Å². The first-order valence-electron chi connectivity index (χ1n) is 39.7. The highest BCUT2D eigenvalue weighted by atomic mass is 31.2. The molecule has 0 fully saturated rings. The number of esters is 1. The van der Waals surface area contributed by atoms with Gasteiger partial charge in [-0.15, -0.1) is 0 Å². The fourth-order valence-corrected chi connectivity index (χ4v) is 12.4. The van der Waals surface area contributed by atoms with Crippen molar-refractivity contribution in [3.63, 3.8) is 0 Å². The number of phosphoric ester groups is 2. The first-order chi connectivity index (χ1) is 49.0. The molecule has 0 aliphatic carbocycles. The average Bonchev–Trinajstić information content (AvgIpc) is 1.05. The minimum absolute atomic E-state index is 0.0726. The van der Waals surface area contributed by atoms with Crippen molar-refractivity contribution in [1.82, 2.24) is 0 Å². The van der Waals surface area contributed by atoms with E-state index < -0.39 is 59.7 Å². The summed E-state index contributed by atoms with van der Waals surface area (Å²) in [6.45, 7) is 1.23. The lowest BCUT2D eigenvalue weighted by Gasteiger charge is -2.21. The number of hydrogen-bond acceptors (Lipinski definition) is 15. The Balaban J connectivity index is 5.19. The number of hydrogen-bond donors (Lipinski definition) is 3.